The predicted molar refractivity (Wildman–Crippen MR) is 48.0 cm³/mol. The summed E-state index contributed by atoms with van der Waals surface area (Å²) in [6, 6.07) is 0. The second kappa shape index (κ2) is 4.25. The minimum Gasteiger partial charge on any atom is -0.481 e. The van der Waals surface area contributed by atoms with Crippen LogP contribution in [0.4, 0.5) is 0 Å². The van der Waals surface area contributed by atoms with Crippen molar-refractivity contribution in [1.29, 1.82) is 0 Å². The van der Waals surface area contributed by atoms with E-state index in [1.54, 1.807) is 0 Å². The molecule has 1 aliphatic carbocycles. The van der Waals surface area contributed by atoms with Crippen LogP contribution in [0.25, 0.3) is 0 Å². The number of aliphatic carboxylic acids is 1. The van der Waals surface area contributed by atoms with Crippen molar-refractivity contribution in [2.75, 3.05) is 0 Å². The van der Waals surface area contributed by atoms with Crippen molar-refractivity contribution in [3.63, 3.8) is 0 Å². The molecule has 0 saturated heterocycles. The van der Waals surface area contributed by atoms with Gasteiger partial charge in [0.1, 0.15) is 0 Å². The summed E-state index contributed by atoms with van der Waals surface area (Å²) in [5.74, 6) is -0.818. The molecule has 0 atom stereocenters. The molecule has 1 fully saturated rings. The van der Waals surface area contributed by atoms with Crippen molar-refractivity contribution >= 4 is 12.2 Å². The molecule has 0 bridgehead atoms. The van der Waals surface area contributed by atoms with Crippen LogP contribution in [0.5, 0.6) is 0 Å². The predicted octanol–water partition coefficient (Wildman–Crippen LogP) is 1.87. The Balaban J connectivity index is 2.66. The number of hydrogen-bond acceptors (Lipinski definition) is 3. The van der Waals surface area contributed by atoms with Gasteiger partial charge < -0.3 is 10.3 Å². The van der Waals surface area contributed by atoms with Gasteiger partial charge in [-0.3, -0.25) is 4.79 Å². The lowest BCUT2D eigenvalue weighted by Crippen LogP contribution is -2.28. The zero-order chi connectivity index (χ0) is 9.73. The van der Waals surface area contributed by atoms with Gasteiger partial charge >= 0.3 is 5.97 Å². The highest BCUT2D eigenvalue weighted by Gasteiger charge is 2.32. The fourth-order valence-corrected chi connectivity index (χ4v) is 2.03. The Morgan fingerprint density at radius 3 is 2.46 bits per heavy atom. The van der Waals surface area contributed by atoms with E-state index in [1.807, 2.05) is 0 Å². The summed E-state index contributed by atoms with van der Waals surface area (Å²) in [5, 5.41) is 20.2. The van der Waals surface area contributed by atoms with Crippen molar-refractivity contribution in [2.45, 2.75) is 38.5 Å². The number of carbonyl (C=O) groups is 1. The molecule has 0 spiro atoms. The lowest BCUT2D eigenvalue weighted by atomic mass is 9.73. The highest BCUT2D eigenvalue weighted by atomic mass is 16.4. The fraction of sp³-hybridized carbons (Fsp3) is 0.778. The van der Waals surface area contributed by atoms with Gasteiger partial charge in [0.15, 0.2) is 0 Å². The lowest BCUT2D eigenvalue weighted by Gasteiger charge is -2.31. The van der Waals surface area contributed by atoms with Gasteiger partial charge in [0.2, 0.25) is 0 Å². The normalized spacial score (nSPS) is 21.8. The SMILES string of the molecule is O=C(O)CC1(/C=N/O)CCCCC1. The largest absolute Gasteiger partial charge is 0.481 e. The van der Waals surface area contributed by atoms with Crippen LogP contribution in [0, 0.1) is 5.41 Å². The van der Waals surface area contributed by atoms with Crippen LogP contribution in [-0.4, -0.2) is 22.5 Å². The van der Waals surface area contributed by atoms with Crippen LogP contribution >= 0.6 is 0 Å². The highest BCUT2D eigenvalue weighted by molar-refractivity contribution is 5.76. The minimum atomic E-state index is -0.818. The van der Waals surface area contributed by atoms with E-state index in [0.29, 0.717) is 0 Å². The van der Waals surface area contributed by atoms with E-state index in [4.69, 9.17) is 10.3 Å². The summed E-state index contributed by atoms with van der Waals surface area (Å²) in [6.45, 7) is 0. The first-order valence-electron chi connectivity index (χ1n) is 4.59. The van der Waals surface area contributed by atoms with Crippen molar-refractivity contribution in [2.24, 2.45) is 10.6 Å². The van der Waals surface area contributed by atoms with E-state index in [0.717, 1.165) is 32.1 Å². The first-order chi connectivity index (χ1) is 6.18. The Labute approximate surface area is 77.3 Å². The molecule has 0 heterocycles. The summed E-state index contributed by atoms with van der Waals surface area (Å²) in [5.41, 5.74) is -0.390. The number of nitrogens with zero attached hydrogens (tertiary/aromatic N) is 1. The van der Waals surface area contributed by atoms with Crippen LogP contribution in [0.15, 0.2) is 5.16 Å². The number of hydrogen-bond donors (Lipinski definition) is 2. The third kappa shape index (κ3) is 2.72. The van der Waals surface area contributed by atoms with Gasteiger partial charge in [-0.15, -0.1) is 5.16 Å². The molecule has 0 aliphatic heterocycles. The third-order valence-corrected chi connectivity index (χ3v) is 2.68. The van der Waals surface area contributed by atoms with Crippen LogP contribution < -0.4 is 0 Å². The van der Waals surface area contributed by atoms with Crippen molar-refractivity contribution in [1.82, 2.24) is 0 Å². The lowest BCUT2D eigenvalue weighted by molar-refractivity contribution is -0.139. The topological polar surface area (TPSA) is 69.9 Å². The van der Waals surface area contributed by atoms with Crippen LogP contribution in [-0.2, 0) is 4.79 Å². The second-order valence-corrected chi connectivity index (χ2v) is 3.74. The second-order valence-electron chi connectivity index (χ2n) is 3.74. The Morgan fingerprint density at radius 2 is 2.00 bits per heavy atom. The molecule has 2 N–H and O–H groups in total. The van der Waals surface area contributed by atoms with Crippen LogP contribution in [0.2, 0.25) is 0 Å². The molecule has 4 nitrogen and oxygen atoms in total. The molecule has 1 saturated carbocycles. The van der Waals surface area contributed by atoms with Crippen molar-refractivity contribution in [3.8, 4) is 0 Å². The number of rotatable bonds is 3. The number of oxime groups is 1. The molecular formula is C9H15NO3. The summed E-state index contributed by atoms with van der Waals surface area (Å²) in [6.07, 6.45) is 6.34. The number of carboxylic acid groups (broad SMARTS) is 1. The Bertz CT molecular complexity index is 207. The Kier molecular flexibility index (Phi) is 3.28. The molecule has 4 heteroatoms. The maximum atomic E-state index is 10.6. The maximum Gasteiger partial charge on any atom is 0.304 e. The fourth-order valence-electron chi connectivity index (χ4n) is 2.03. The first-order valence-corrected chi connectivity index (χ1v) is 4.59. The standard InChI is InChI=1S/C9H15NO3/c11-8(12)6-9(7-10-13)4-2-1-3-5-9/h7,13H,1-6H2,(H,11,12)/b10-7+. The van der Waals surface area contributed by atoms with Crippen molar-refractivity contribution < 1.29 is 15.1 Å². The van der Waals surface area contributed by atoms with Gasteiger partial charge in [0, 0.05) is 5.41 Å². The summed E-state index contributed by atoms with van der Waals surface area (Å²) < 4.78 is 0. The van der Waals surface area contributed by atoms with Gasteiger partial charge in [-0.05, 0) is 12.8 Å². The van der Waals surface area contributed by atoms with E-state index < -0.39 is 11.4 Å². The average Bonchev–Trinajstić information content (AvgIpc) is 2.04. The molecule has 0 unspecified atom stereocenters. The zero-order valence-electron chi connectivity index (χ0n) is 7.57. The van der Waals surface area contributed by atoms with E-state index in [1.165, 1.54) is 6.21 Å². The van der Waals surface area contributed by atoms with Gasteiger partial charge in [-0.25, -0.2) is 0 Å². The zero-order valence-corrected chi connectivity index (χ0v) is 7.57. The minimum absolute atomic E-state index is 0.0804. The summed E-state index contributed by atoms with van der Waals surface area (Å²) >= 11 is 0. The molecule has 0 aromatic rings. The average molecular weight is 185 g/mol. The summed E-state index contributed by atoms with van der Waals surface area (Å²) in [4.78, 5) is 10.6. The molecule has 13 heavy (non-hydrogen) atoms. The molecular weight excluding hydrogens is 170 g/mol. The smallest absolute Gasteiger partial charge is 0.304 e. The van der Waals surface area contributed by atoms with Crippen LogP contribution in [0.1, 0.15) is 38.5 Å². The van der Waals surface area contributed by atoms with Gasteiger partial charge in [-0.1, -0.05) is 19.3 Å². The van der Waals surface area contributed by atoms with Gasteiger partial charge in [0.25, 0.3) is 0 Å². The molecule has 1 rings (SSSR count). The van der Waals surface area contributed by atoms with Gasteiger partial charge in [-0.2, -0.15) is 0 Å². The van der Waals surface area contributed by atoms with Gasteiger partial charge in [0.05, 0.1) is 12.6 Å². The molecule has 0 amide bonds. The van der Waals surface area contributed by atoms with E-state index in [2.05, 4.69) is 5.16 Å². The van der Waals surface area contributed by atoms with Crippen molar-refractivity contribution in [3.05, 3.63) is 0 Å². The van der Waals surface area contributed by atoms with E-state index >= 15 is 0 Å². The monoisotopic (exact) mass is 185 g/mol. The van der Waals surface area contributed by atoms with E-state index in [-0.39, 0.29) is 6.42 Å². The third-order valence-electron chi connectivity index (χ3n) is 2.68. The molecule has 1 aliphatic rings. The highest BCUT2D eigenvalue weighted by Crippen LogP contribution is 2.37. The first kappa shape index (κ1) is 10.0. The van der Waals surface area contributed by atoms with Crippen LogP contribution in [0.3, 0.4) is 0 Å². The molecule has 74 valence electrons. The summed E-state index contributed by atoms with van der Waals surface area (Å²) in [7, 11) is 0. The molecule has 0 aromatic carbocycles. The Morgan fingerprint density at radius 1 is 1.38 bits per heavy atom. The molecule has 0 radical (unpaired) electrons. The molecule has 0 aromatic heterocycles. The van der Waals surface area contributed by atoms with E-state index in [9.17, 15) is 4.79 Å². The quantitative estimate of drug-likeness (QED) is 0.400. The maximum absolute atomic E-state index is 10.6. The Hall–Kier alpha value is -1.06. The number of carboxylic acids is 1.